The molecule has 0 aliphatic rings. The quantitative estimate of drug-likeness (QED) is 0.440. The minimum Gasteiger partial charge on any atom is -0.465 e. The van der Waals surface area contributed by atoms with Crippen molar-refractivity contribution in [3.05, 3.63) is 33.9 Å². The number of nitrogens with one attached hydrogen (secondary N) is 1. The molecule has 0 radical (unpaired) electrons. The van der Waals surface area contributed by atoms with Crippen molar-refractivity contribution >= 4 is 17.3 Å². The summed E-state index contributed by atoms with van der Waals surface area (Å²) in [6.07, 6.45) is -0.267. The molecule has 0 amide bonds. The molecule has 0 bridgehead atoms. The first-order valence-electron chi connectivity index (χ1n) is 6.15. The van der Waals surface area contributed by atoms with Gasteiger partial charge in [-0.25, -0.2) is 4.79 Å². The van der Waals surface area contributed by atoms with E-state index in [-0.39, 0.29) is 23.0 Å². The van der Waals surface area contributed by atoms with Crippen LogP contribution in [0.2, 0.25) is 0 Å². The van der Waals surface area contributed by atoms with Crippen LogP contribution in [-0.2, 0) is 14.2 Å². The summed E-state index contributed by atoms with van der Waals surface area (Å²) in [6.45, 7) is 0.643. The molecule has 0 saturated heterocycles. The predicted octanol–water partition coefficient (Wildman–Crippen LogP) is 1.45. The summed E-state index contributed by atoms with van der Waals surface area (Å²) in [6, 6.07) is 3.98. The maximum atomic E-state index is 11.5. The first kappa shape index (κ1) is 16.9. The molecule has 0 heterocycles. The van der Waals surface area contributed by atoms with Crippen LogP contribution in [0.25, 0.3) is 0 Å². The van der Waals surface area contributed by atoms with E-state index < -0.39 is 10.9 Å². The van der Waals surface area contributed by atoms with E-state index >= 15 is 0 Å². The molecule has 8 heteroatoms. The number of nitro benzene ring substituents is 1. The lowest BCUT2D eigenvalue weighted by Gasteiger charge is -2.16. The molecule has 116 valence electrons. The van der Waals surface area contributed by atoms with Crippen molar-refractivity contribution in [2.45, 2.75) is 6.10 Å². The number of carbonyl (C=O) groups is 1. The molecule has 1 aromatic carbocycles. The molecule has 0 fully saturated rings. The lowest BCUT2D eigenvalue weighted by Crippen LogP contribution is -2.26. The largest absolute Gasteiger partial charge is 0.465 e. The Balaban J connectivity index is 2.95. The van der Waals surface area contributed by atoms with Crippen LogP contribution in [0.3, 0.4) is 0 Å². The Bertz CT molecular complexity index is 505. The minimum absolute atomic E-state index is 0.130. The summed E-state index contributed by atoms with van der Waals surface area (Å²) >= 11 is 0. The Morgan fingerprint density at radius 3 is 2.62 bits per heavy atom. The summed E-state index contributed by atoms with van der Waals surface area (Å²) in [7, 11) is 4.30. The van der Waals surface area contributed by atoms with Gasteiger partial charge in [0.1, 0.15) is 5.69 Å². The molecule has 21 heavy (non-hydrogen) atoms. The smallest absolute Gasteiger partial charge is 0.337 e. The van der Waals surface area contributed by atoms with Crippen LogP contribution >= 0.6 is 0 Å². The second-order valence-electron chi connectivity index (χ2n) is 4.17. The van der Waals surface area contributed by atoms with Gasteiger partial charge >= 0.3 is 5.97 Å². The van der Waals surface area contributed by atoms with Gasteiger partial charge in [0, 0.05) is 26.8 Å². The highest BCUT2D eigenvalue weighted by atomic mass is 16.6. The van der Waals surface area contributed by atoms with Crippen molar-refractivity contribution in [1.29, 1.82) is 0 Å². The summed E-state index contributed by atoms with van der Waals surface area (Å²) < 4.78 is 14.7. The number of carbonyl (C=O) groups excluding carboxylic acids is 1. The zero-order valence-corrected chi connectivity index (χ0v) is 12.1. The minimum atomic E-state index is -0.562. The number of anilines is 1. The number of nitrogens with zero attached hydrogens (tertiary/aromatic N) is 1. The van der Waals surface area contributed by atoms with Gasteiger partial charge < -0.3 is 19.5 Å². The molecule has 0 aliphatic carbocycles. The zero-order chi connectivity index (χ0) is 15.8. The molecule has 1 atom stereocenters. The first-order valence-corrected chi connectivity index (χ1v) is 6.15. The molecule has 1 rings (SSSR count). The molecule has 1 unspecified atom stereocenters. The molecular formula is C13H18N2O6. The number of benzene rings is 1. The maximum absolute atomic E-state index is 11.5. The maximum Gasteiger partial charge on any atom is 0.337 e. The molecule has 8 nitrogen and oxygen atoms in total. The van der Waals surface area contributed by atoms with Crippen LogP contribution < -0.4 is 5.32 Å². The van der Waals surface area contributed by atoms with Crippen LogP contribution in [-0.4, -0.2) is 51.5 Å². The van der Waals surface area contributed by atoms with E-state index in [0.29, 0.717) is 13.2 Å². The highest BCUT2D eigenvalue weighted by Crippen LogP contribution is 2.25. The van der Waals surface area contributed by atoms with E-state index in [0.717, 1.165) is 0 Å². The van der Waals surface area contributed by atoms with E-state index in [4.69, 9.17) is 9.47 Å². The molecular weight excluding hydrogens is 280 g/mol. The Kier molecular flexibility index (Phi) is 6.57. The van der Waals surface area contributed by atoms with Crippen molar-refractivity contribution in [1.82, 2.24) is 0 Å². The van der Waals surface area contributed by atoms with Crippen molar-refractivity contribution in [3.63, 3.8) is 0 Å². The Labute approximate surface area is 122 Å². The van der Waals surface area contributed by atoms with Gasteiger partial charge in [-0.1, -0.05) is 0 Å². The van der Waals surface area contributed by atoms with Gasteiger partial charge in [0.15, 0.2) is 0 Å². The third-order valence-electron chi connectivity index (χ3n) is 2.82. The van der Waals surface area contributed by atoms with Crippen molar-refractivity contribution in [2.24, 2.45) is 0 Å². The average molecular weight is 298 g/mol. The lowest BCUT2D eigenvalue weighted by molar-refractivity contribution is -0.384. The second-order valence-corrected chi connectivity index (χ2v) is 4.17. The van der Waals surface area contributed by atoms with Gasteiger partial charge in [-0.3, -0.25) is 10.1 Å². The number of rotatable bonds is 8. The highest BCUT2D eigenvalue weighted by molar-refractivity contribution is 5.91. The summed E-state index contributed by atoms with van der Waals surface area (Å²) in [5, 5.41) is 13.9. The number of hydrogen-bond acceptors (Lipinski definition) is 7. The topological polar surface area (TPSA) is 99.9 Å². The molecule has 1 N–H and O–H groups in total. The summed E-state index contributed by atoms with van der Waals surface area (Å²) in [4.78, 5) is 22.0. The number of ether oxygens (including phenoxy) is 3. The van der Waals surface area contributed by atoms with Crippen LogP contribution in [0.4, 0.5) is 11.4 Å². The fourth-order valence-electron chi connectivity index (χ4n) is 1.70. The molecule has 0 saturated carbocycles. The van der Waals surface area contributed by atoms with Gasteiger partial charge in [-0.05, 0) is 12.1 Å². The fraction of sp³-hybridized carbons (Fsp3) is 0.462. The molecule has 1 aromatic rings. The van der Waals surface area contributed by atoms with Gasteiger partial charge in [-0.15, -0.1) is 0 Å². The first-order chi connectivity index (χ1) is 10.0. The Morgan fingerprint density at radius 2 is 2.10 bits per heavy atom. The molecule has 0 aromatic heterocycles. The highest BCUT2D eigenvalue weighted by Gasteiger charge is 2.18. The van der Waals surface area contributed by atoms with E-state index in [2.05, 4.69) is 10.1 Å². The van der Waals surface area contributed by atoms with Crippen molar-refractivity contribution < 1.29 is 23.9 Å². The van der Waals surface area contributed by atoms with E-state index in [1.165, 1.54) is 39.5 Å². The van der Waals surface area contributed by atoms with Gasteiger partial charge in [0.2, 0.25) is 0 Å². The predicted molar refractivity (Wildman–Crippen MR) is 75.6 cm³/mol. The Morgan fingerprint density at radius 1 is 1.38 bits per heavy atom. The van der Waals surface area contributed by atoms with E-state index in [1.54, 1.807) is 0 Å². The lowest BCUT2D eigenvalue weighted by atomic mass is 10.1. The van der Waals surface area contributed by atoms with E-state index in [1.807, 2.05) is 0 Å². The fourth-order valence-corrected chi connectivity index (χ4v) is 1.70. The zero-order valence-electron chi connectivity index (χ0n) is 12.1. The third kappa shape index (κ3) is 4.69. The molecule has 0 aliphatic heterocycles. The standard InChI is InChI=1S/C13H18N2O6/c1-19-8-10(20-2)7-14-11-6-9(13(16)21-3)4-5-12(11)15(17)18/h4-6,10,14H,7-8H2,1-3H3. The monoisotopic (exact) mass is 298 g/mol. The van der Waals surface area contributed by atoms with Crippen molar-refractivity contribution in [3.8, 4) is 0 Å². The van der Waals surface area contributed by atoms with Gasteiger partial charge in [-0.2, -0.15) is 0 Å². The van der Waals surface area contributed by atoms with Crippen LogP contribution in [0.1, 0.15) is 10.4 Å². The summed E-state index contributed by atoms with van der Waals surface area (Å²) in [5.74, 6) is -0.562. The number of hydrogen-bond donors (Lipinski definition) is 1. The van der Waals surface area contributed by atoms with Gasteiger partial charge in [0.05, 0.1) is 30.3 Å². The van der Waals surface area contributed by atoms with Crippen LogP contribution in [0.15, 0.2) is 18.2 Å². The van der Waals surface area contributed by atoms with Crippen molar-refractivity contribution in [2.75, 3.05) is 39.8 Å². The average Bonchev–Trinajstić information content (AvgIpc) is 2.50. The number of methoxy groups -OCH3 is 3. The Hall–Kier alpha value is -2.19. The molecule has 0 spiro atoms. The normalized spacial score (nSPS) is 11.8. The van der Waals surface area contributed by atoms with Gasteiger partial charge in [0.25, 0.3) is 5.69 Å². The number of nitro groups is 1. The third-order valence-corrected chi connectivity index (χ3v) is 2.82. The van der Waals surface area contributed by atoms with Crippen LogP contribution in [0.5, 0.6) is 0 Å². The number of esters is 1. The second kappa shape index (κ2) is 8.18. The summed E-state index contributed by atoms with van der Waals surface area (Å²) in [5.41, 5.74) is 0.322. The van der Waals surface area contributed by atoms with E-state index in [9.17, 15) is 14.9 Å². The van der Waals surface area contributed by atoms with Crippen LogP contribution in [0, 0.1) is 10.1 Å². The SMILES string of the molecule is COCC(CNc1cc(C(=O)OC)ccc1[N+](=O)[O-])OC.